The van der Waals surface area contributed by atoms with E-state index in [0.717, 1.165) is 29.3 Å². The number of nitrogens with one attached hydrogen (secondary N) is 2. The first-order valence-corrected chi connectivity index (χ1v) is 5.68. The van der Waals surface area contributed by atoms with Gasteiger partial charge in [0.2, 0.25) is 0 Å². The van der Waals surface area contributed by atoms with E-state index >= 15 is 0 Å². The first-order chi connectivity index (χ1) is 8.29. The Labute approximate surface area is 101 Å². The number of hydrogen-bond acceptors (Lipinski definition) is 2. The van der Waals surface area contributed by atoms with Gasteiger partial charge < -0.3 is 10.3 Å². The summed E-state index contributed by atoms with van der Waals surface area (Å²) in [6.07, 6.45) is 3.62. The molecular weight excluding hydrogens is 212 g/mol. The molecule has 0 saturated carbocycles. The molecule has 0 unspecified atom stereocenters. The number of benzene rings is 1. The Balaban J connectivity index is 2.22. The predicted molar refractivity (Wildman–Crippen MR) is 70.6 cm³/mol. The molecule has 0 aliphatic carbocycles. The van der Waals surface area contributed by atoms with Gasteiger partial charge >= 0.3 is 0 Å². The summed E-state index contributed by atoms with van der Waals surface area (Å²) < 4.78 is 0. The molecule has 1 aromatic heterocycles. The number of hydrogen-bond donors (Lipinski definition) is 2. The van der Waals surface area contributed by atoms with Crippen LogP contribution in [0.25, 0.3) is 11.3 Å². The predicted octanol–water partition coefficient (Wildman–Crippen LogP) is 2.65. The molecule has 88 valence electrons. The van der Waals surface area contributed by atoms with Crippen molar-refractivity contribution in [1.82, 2.24) is 15.3 Å². The summed E-state index contributed by atoms with van der Waals surface area (Å²) in [6.45, 7) is 4.85. The Morgan fingerprint density at radius 1 is 1.47 bits per heavy atom. The van der Waals surface area contributed by atoms with Crippen LogP contribution < -0.4 is 5.32 Å². The lowest BCUT2D eigenvalue weighted by Gasteiger charge is -1.98. The second kappa shape index (κ2) is 5.30. The van der Waals surface area contributed by atoms with Crippen molar-refractivity contribution in [2.75, 3.05) is 6.54 Å². The Kier molecular flexibility index (Phi) is 3.55. The summed E-state index contributed by atoms with van der Waals surface area (Å²) in [4.78, 5) is 11.8. The largest absolute Gasteiger partial charge is 0.376 e. The Morgan fingerprint density at radius 3 is 3.06 bits per heavy atom. The number of nitrogens with zero attached hydrogens (tertiary/aromatic N) is 2. The summed E-state index contributed by atoms with van der Waals surface area (Å²) >= 11 is 0. The van der Waals surface area contributed by atoms with E-state index < -0.39 is 0 Å². The smallest absolute Gasteiger partial charge is 0.103 e. The van der Waals surface area contributed by atoms with Crippen LogP contribution in [0.3, 0.4) is 0 Å². The van der Waals surface area contributed by atoms with Gasteiger partial charge in [0.05, 0.1) is 17.7 Å². The minimum absolute atomic E-state index is 0.877. The van der Waals surface area contributed by atoms with Crippen molar-refractivity contribution in [1.29, 1.82) is 0 Å². The number of aliphatic imine (C=N–C) groups is 1. The molecule has 1 aromatic carbocycles. The molecule has 4 nitrogen and oxygen atoms in total. The topological polar surface area (TPSA) is 53.1 Å². The fourth-order valence-electron chi connectivity index (χ4n) is 1.52. The van der Waals surface area contributed by atoms with E-state index in [-0.39, 0.29) is 0 Å². The molecule has 0 bridgehead atoms. The molecule has 2 N–H and O–H groups in total. The van der Waals surface area contributed by atoms with Crippen molar-refractivity contribution >= 4 is 12.0 Å². The van der Waals surface area contributed by atoms with Crippen molar-refractivity contribution in [2.45, 2.75) is 13.8 Å². The van der Waals surface area contributed by atoms with Gasteiger partial charge in [-0.25, -0.2) is 9.98 Å². The van der Waals surface area contributed by atoms with E-state index in [2.05, 4.69) is 20.3 Å². The summed E-state index contributed by atoms with van der Waals surface area (Å²) in [5.74, 6) is 0.918. The van der Waals surface area contributed by atoms with E-state index in [9.17, 15) is 0 Å². The maximum absolute atomic E-state index is 4.40. The van der Waals surface area contributed by atoms with Crippen molar-refractivity contribution < 1.29 is 0 Å². The summed E-state index contributed by atoms with van der Waals surface area (Å²) in [5, 5.41) is 3.05. The molecule has 4 heteroatoms. The molecule has 2 aromatic rings. The van der Waals surface area contributed by atoms with Crippen LogP contribution in [0.2, 0.25) is 0 Å². The lowest BCUT2D eigenvalue weighted by Crippen LogP contribution is -2.08. The van der Waals surface area contributed by atoms with Gasteiger partial charge in [-0.1, -0.05) is 12.1 Å². The zero-order valence-electron chi connectivity index (χ0n) is 10.1. The van der Waals surface area contributed by atoms with Gasteiger partial charge in [-0.05, 0) is 26.0 Å². The van der Waals surface area contributed by atoms with Crippen molar-refractivity contribution in [3.63, 3.8) is 0 Å². The van der Waals surface area contributed by atoms with E-state index in [1.165, 1.54) is 0 Å². The first-order valence-electron chi connectivity index (χ1n) is 5.68. The number of aromatic amines is 1. The molecule has 0 fully saturated rings. The Morgan fingerprint density at radius 2 is 2.35 bits per heavy atom. The van der Waals surface area contributed by atoms with Crippen molar-refractivity contribution in [3.05, 3.63) is 36.3 Å². The lowest BCUT2D eigenvalue weighted by atomic mass is 10.1. The molecule has 0 aliphatic rings. The highest BCUT2D eigenvalue weighted by Gasteiger charge is 2.01. The molecule has 0 amide bonds. The fraction of sp³-hybridized carbons (Fsp3) is 0.231. The maximum atomic E-state index is 4.40. The van der Waals surface area contributed by atoms with Crippen molar-refractivity contribution in [2.24, 2.45) is 4.99 Å². The van der Waals surface area contributed by atoms with Crippen LogP contribution >= 0.6 is 0 Å². The van der Waals surface area contributed by atoms with Crippen molar-refractivity contribution in [3.8, 4) is 11.3 Å². The summed E-state index contributed by atoms with van der Waals surface area (Å²) in [6, 6.07) is 8.00. The van der Waals surface area contributed by atoms with Gasteiger partial charge in [0.1, 0.15) is 5.82 Å². The molecule has 0 spiro atoms. The monoisotopic (exact) mass is 228 g/mol. The average Bonchev–Trinajstić information content (AvgIpc) is 2.77. The quantitative estimate of drug-likeness (QED) is 0.624. The zero-order valence-corrected chi connectivity index (χ0v) is 10.1. The van der Waals surface area contributed by atoms with Crippen LogP contribution in [0.15, 0.2) is 35.5 Å². The number of rotatable bonds is 4. The molecule has 2 rings (SSSR count). The van der Waals surface area contributed by atoms with E-state index in [1.54, 1.807) is 6.34 Å². The van der Waals surface area contributed by atoms with Crippen LogP contribution in [0, 0.1) is 6.92 Å². The standard InChI is InChI=1S/C13H16N4/c1-3-14-9-16-12-6-4-5-11(7-12)13-8-15-10(2)17-13/h4-9H,3H2,1-2H3,(H,14,16)(H,15,17). The molecule has 17 heavy (non-hydrogen) atoms. The highest BCUT2D eigenvalue weighted by atomic mass is 14.9. The Hall–Kier alpha value is -2.10. The Bertz CT molecular complexity index is 514. The van der Waals surface area contributed by atoms with Gasteiger partial charge in [0, 0.05) is 18.3 Å². The minimum Gasteiger partial charge on any atom is -0.376 e. The number of aromatic nitrogens is 2. The van der Waals surface area contributed by atoms with Crippen LogP contribution in [0.4, 0.5) is 5.69 Å². The second-order valence-electron chi connectivity index (χ2n) is 3.74. The van der Waals surface area contributed by atoms with E-state index in [0.29, 0.717) is 0 Å². The third-order valence-electron chi connectivity index (χ3n) is 2.36. The van der Waals surface area contributed by atoms with Gasteiger partial charge in [-0.15, -0.1) is 0 Å². The maximum Gasteiger partial charge on any atom is 0.103 e. The normalized spacial score (nSPS) is 10.9. The van der Waals surface area contributed by atoms with E-state index in [1.807, 2.05) is 44.3 Å². The van der Waals surface area contributed by atoms with Gasteiger partial charge in [0.15, 0.2) is 0 Å². The molecule has 0 atom stereocenters. The molecule has 0 saturated heterocycles. The molecule has 0 radical (unpaired) electrons. The fourth-order valence-corrected chi connectivity index (χ4v) is 1.52. The number of H-pyrrole nitrogens is 1. The van der Waals surface area contributed by atoms with Gasteiger partial charge in [-0.3, -0.25) is 0 Å². The van der Waals surface area contributed by atoms with Gasteiger partial charge in [0.25, 0.3) is 0 Å². The van der Waals surface area contributed by atoms with E-state index in [4.69, 9.17) is 0 Å². The zero-order chi connectivity index (χ0) is 12.1. The van der Waals surface area contributed by atoms with Gasteiger partial charge in [-0.2, -0.15) is 0 Å². The average molecular weight is 228 g/mol. The third kappa shape index (κ3) is 2.93. The van der Waals surface area contributed by atoms with Crippen LogP contribution in [0.1, 0.15) is 12.7 Å². The summed E-state index contributed by atoms with van der Waals surface area (Å²) in [7, 11) is 0. The van der Waals surface area contributed by atoms with Crippen LogP contribution in [0.5, 0.6) is 0 Å². The second-order valence-corrected chi connectivity index (χ2v) is 3.74. The molecule has 1 heterocycles. The van der Waals surface area contributed by atoms with Crippen LogP contribution in [-0.2, 0) is 0 Å². The third-order valence-corrected chi connectivity index (χ3v) is 2.36. The lowest BCUT2D eigenvalue weighted by molar-refractivity contribution is 0.987. The number of aryl methyl sites for hydroxylation is 1. The number of imidazole rings is 1. The summed E-state index contributed by atoms with van der Waals surface area (Å²) in [5.41, 5.74) is 2.94. The highest BCUT2D eigenvalue weighted by Crippen LogP contribution is 2.22. The SMILES string of the molecule is CCN/C=N/c1cccc(-c2c[nH]c(C)n2)c1. The minimum atomic E-state index is 0.877. The first kappa shape index (κ1) is 11.4. The molecule has 0 aliphatic heterocycles. The van der Waals surface area contributed by atoms with Crippen LogP contribution in [-0.4, -0.2) is 22.9 Å². The molecular formula is C13H16N4. The highest BCUT2D eigenvalue weighted by molar-refractivity contribution is 5.67.